The van der Waals surface area contributed by atoms with Gasteiger partial charge in [-0.1, -0.05) is 18.2 Å². The molecule has 0 aliphatic heterocycles. The number of allylic oxidation sites excluding steroid dienone is 1. The number of para-hydroxylation sites is 1. The number of carbonyl (C=O) groups excluding carboxylic acids is 1. The van der Waals surface area contributed by atoms with Crippen LogP contribution in [-0.4, -0.2) is 29.8 Å². The third-order valence-corrected chi connectivity index (χ3v) is 3.62. The Kier molecular flexibility index (Phi) is 2.90. The van der Waals surface area contributed by atoms with Crippen molar-refractivity contribution in [1.29, 1.82) is 0 Å². The Bertz CT molecular complexity index is 664. The van der Waals surface area contributed by atoms with Gasteiger partial charge >= 0.3 is 0 Å². The van der Waals surface area contributed by atoms with E-state index in [1.54, 1.807) is 0 Å². The normalized spacial score (nSPS) is 17.6. The summed E-state index contributed by atoms with van der Waals surface area (Å²) in [6.45, 7) is 0. The van der Waals surface area contributed by atoms with Crippen molar-refractivity contribution in [2.75, 3.05) is 14.1 Å². The second-order valence-electron chi connectivity index (χ2n) is 5.32. The Morgan fingerprint density at radius 3 is 2.79 bits per heavy atom. The van der Waals surface area contributed by atoms with Gasteiger partial charge in [0.25, 0.3) is 0 Å². The summed E-state index contributed by atoms with van der Waals surface area (Å²) in [7, 11) is 3.91. The van der Waals surface area contributed by atoms with E-state index in [-0.39, 0.29) is 5.78 Å². The van der Waals surface area contributed by atoms with E-state index in [0.29, 0.717) is 0 Å². The Hall–Kier alpha value is -2.03. The average Bonchev–Trinajstić information content (AvgIpc) is 2.68. The zero-order valence-corrected chi connectivity index (χ0v) is 11.4. The highest BCUT2D eigenvalue weighted by atomic mass is 16.1. The minimum absolute atomic E-state index is 0.150. The average molecular weight is 254 g/mol. The summed E-state index contributed by atoms with van der Waals surface area (Å²) in [5.74, 6) is 0.150. The smallest absolute Gasteiger partial charge is 0.206 e. The number of ketones is 1. The predicted octanol–water partition coefficient (Wildman–Crippen LogP) is 3.13. The van der Waals surface area contributed by atoms with Gasteiger partial charge in [0.2, 0.25) is 5.78 Å². The van der Waals surface area contributed by atoms with Crippen LogP contribution in [0.25, 0.3) is 10.9 Å². The van der Waals surface area contributed by atoms with Gasteiger partial charge in [-0.25, -0.2) is 0 Å². The number of hydrogen-bond acceptors (Lipinski definition) is 2. The molecule has 2 aromatic rings. The van der Waals surface area contributed by atoms with Gasteiger partial charge in [0.1, 0.15) is 0 Å². The first kappa shape index (κ1) is 12.0. The number of aryl methyl sites for hydroxylation is 1. The molecule has 0 saturated carbocycles. The molecule has 0 saturated heterocycles. The molecule has 0 amide bonds. The number of benzene rings is 1. The molecule has 1 N–H and O–H groups in total. The van der Waals surface area contributed by atoms with Crippen LogP contribution in [0.5, 0.6) is 0 Å². The minimum atomic E-state index is 0.150. The lowest BCUT2D eigenvalue weighted by Gasteiger charge is -2.08. The van der Waals surface area contributed by atoms with Gasteiger partial charge in [-0.05, 0) is 30.9 Å². The Balaban J connectivity index is 2.16. The van der Waals surface area contributed by atoms with Gasteiger partial charge in [0.05, 0.1) is 5.69 Å². The Morgan fingerprint density at radius 2 is 2.00 bits per heavy atom. The van der Waals surface area contributed by atoms with Crippen LogP contribution in [0.2, 0.25) is 0 Å². The van der Waals surface area contributed by atoms with Crippen molar-refractivity contribution in [2.45, 2.75) is 19.3 Å². The third-order valence-electron chi connectivity index (χ3n) is 3.62. The zero-order chi connectivity index (χ0) is 13.4. The molecule has 3 rings (SSSR count). The highest BCUT2D eigenvalue weighted by Gasteiger charge is 2.23. The van der Waals surface area contributed by atoms with Gasteiger partial charge < -0.3 is 9.88 Å². The van der Waals surface area contributed by atoms with Crippen molar-refractivity contribution >= 4 is 16.7 Å². The number of Topliss-reactive ketones (excluding diaryl/α,β-unsaturated/α-hetero) is 1. The van der Waals surface area contributed by atoms with Gasteiger partial charge in [0, 0.05) is 36.8 Å². The van der Waals surface area contributed by atoms with E-state index < -0.39 is 0 Å². The number of H-pyrrole nitrogens is 1. The predicted molar refractivity (Wildman–Crippen MR) is 77.3 cm³/mol. The van der Waals surface area contributed by atoms with E-state index in [2.05, 4.69) is 11.1 Å². The number of nitrogens with zero attached hydrogens (tertiary/aromatic N) is 1. The molecule has 3 nitrogen and oxygen atoms in total. The fraction of sp³-hybridized carbons (Fsp3) is 0.312. The quantitative estimate of drug-likeness (QED) is 0.627. The number of carbonyl (C=O) groups is 1. The topological polar surface area (TPSA) is 36.1 Å². The molecule has 1 heterocycles. The van der Waals surface area contributed by atoms with Crippen molar-refractivity contribution < 1.29 is 4.79 Å². The lowest BCUT2D eigenvalue weighted by molar-refractivity contribution is 0.102. The molecule has 1 aliphatic rings. The molecule has 98 valence electrons. The number of fused-ring (bicyclic) bond motifs is 3. The lowest BCUT2D eigenvalue weighted by Crippen LogP contribution is -2.09. The van der Waals surface area contributed by atoms with E-state index in [1.807, 2.05) is 43.4 Å². The minimum Gasteiger partial charge on any atom is -0.383 e. The second-order valence-corrected chi connectivity index (χ2v) is 5.32. The van der Waals surface area contributed by atoms with Crippen molar-refractivity contribution in [3.63, 3.8) is 0 Å². The number of hydrogen-bond donors (Lipinski definition) is 1. The molecule has 0 spiro atoms. The molecule has 1 aliphatic carbocycles. The third kappa shape index (κ3) is 2.05. The second kappa shape index (κ2) is 4.57. The first-order valence-corrected chi connectivity index (χ1v) is 6.68. The Labute approximate surface area is 112 Å². The summed E-state index contributed by atoms with van der Waals surface area (Å²) in [5.41, 5.74) is 3.93. The molecule has 1 aromatic heterocycles. The maximum atomic E-state index is 12.6. The summed E-state index contributed by atoms with van der Waals surface area (Å²) >= 11 is 0. The fourth-order valence-electron chi connectivity index (χ4n) is 2.82. The van der Waals surface area contributed by atoms with Crippen LogP contribution in [-0.2, 0) is 6.42 Å². The van der Waals surface area contributed by atoms with E-state index >= 15 is 0 Å². The van der Waals surface area contributed by atoms with Gasteiger partial charge in [-0.2, -0.15) is 0 Å². The number of nitrogens with one attached hydrogen (secondary N) is 1. The first-order valence-electron chi connectivity index (χ1n) is 6.68. The zero-order valence-electron chi connectivity index (χ0n) is 11.4. The molecule has 1 aromatic carbocycles. The molecular weight excluding hydrogens is 236 g/mol. The fourth-order valence-corrected chi connectivity index (χ4v) is 2.82. The maximum absolute atomic E-state index is 12.6. The lowest BCUT2D eigenvalue weighted by atomic mass is 10.1. The van der Waals surface area contributed by atoms with Gasteiger partial charge in [-0.3, -0.25) is 4.79 Å². The van der Waals surface area contributed by atoms with Crippen LogP contribution < -0.4 is 0 Å². The molecule has 0 bridgehead atoms. The number of rotatable bonds is 1. The van der Waals surface area contributed by atoms with Gasteiger partial charge in [0.15, 0.2) is 0 Å². The molecule has 3 heteroatoms. The molecule has 19 heavy (non-hydrogen) atoms. The highest BCUT2D eigenvalue weighted by Crippen LogP contribution is 2.30. The molecule has 0 unspecified atom stereocenters. The monoisotopic (exact) mass is 254 g/mol. The Morgan fingerprint density at radius 1 is 1.21 bits per heavy atom. The summed E-state index contributed by atoms with van der Waals surface area (Å²) in [6.07, 6.45) is 4.80. The highest BCUT2D eigenvalue weighted by molar-refractivity contribution is 6.11. The van der Waals surface area contributed by atoms with E-state index in [1.165, 1.54) is 10.9 Å². The van der Waals surface area contributed by atoms with Crippen molar-refractivity contribution in [3.8, 4) is 0 Å². The summed E-state index contributed by atoms with van der Waals surface area (Å²) in [4.78, 5) is 17.9. The van der Waals surface area contributed by atoms with Crippen molar-refractivity contribution in [1.82, 2.24) is 9.88 Å². The largest absolute Gasteiger partial charge is 0.383 e. The van der Waals surface area contributed by atoms with Crippen LogP contribution in [0.4, 0.5) is 0 Å². The van der Waals surface area contributed by atoms with E-state index in [4.69, 9.17) is 0 Å². The van der Waals surface area contributed by atoms with E-state index in [9.17, 15) is 4.79 Å². The summed E-state index contributed by atoms with van der Waals surface area (Å²) in [5, 5.41) is 1.19. The van der Waals surface area contributed by atoms with Crippen LogP contribution in [0.1, 0.15) is 28.9 Å². The van der Waals surface area contributed by atoms with Crippen molar-refractivity contribution in [3.05, 3.63) is 47.3 Å². The van der Waals surface area contributed by atoms with Crippen LogP contribution in [0.3, 0.4) is 0 Å². The molecule has 0 fully saturated rings. The summed E-state index contributed by atoms with van der Waals surface area (Å²) < 4.78 is 0. The van der Waals surface area contributed by atoms with Crippen LogP contribution >= 0.6 is 0 Å². The van der Waals surface area contributed by atoms with E-state index in [0.717, 1.165) is 36.0 Å². The van der Waals surface area contributed by atoms with Crippen LogP contribution in [0.15, 0.2) is 36.0 Å². The number of aromatic nitrogens is 1. The number of aromatic amines is 1. The molecular formula is C16H18N2O. The summed E-state index contributed by atoms with van der Waals surface area (Å²) in [6, 6.07) is 8.16. The standard InChI is InChI=1S/C16H18N2O/c1-18(2)10-11-6-5-8-13-12-7-3-4-9-14(12)17-15(13)16(11)19/h3-4,7,9-10,17H,5-6,8H2,1-2H3. The molecule has 0 atom stereocenters. The first-order chi connectivity index (χ1) is 9.16. The molecule has 0 radical (unpaired) electrons. The van der Waals surface area contributed by atoms with Crippen molar-refractivity contribution in [2.24, 2.45) is 0 Å². The van der Waals surface area contributed by atoms with Gasteiger partial charge in [-0.15, -0.1) is 0 Å². The maximum Gasteiger partial charge on any atom is 0.206 e. The van der Waals surface area contributed by atoms with Crippen LogP contribution in [0, 0.1) is 0 Å². The SMILES string of the molecule is CN(C)C=C1CCCc2c([nH]c3ccccc23)C1=O.